The smallest absolute Gasteiger partial charge is 0.255 e. The molecule has 3 aliphatic heterocycles. The van der Waals surface area contributed by atoms with E-state index in [-0.39, 0.29) is 24.8 Å². The molecule has 8 nitrogen and oxygen atoms in total. The van der Waals surface area contributed by atoms with E-state index in [0.717, 1.165) is 22.6 Å². The summed E-state index contributed by atoms with van der Waals surface area (Å²) in [5.74, 6) is 0.514. The van der Waals surface area contributed by atoms with Crippen LogP contribution in [0.1, 0.15) is 34.3 Å². The number of carbonyl (C=O) groups excluding carboxylic acids is 3. The number of benzene rings is 2. The standard InChI is InChI=1S/C21H19N3O5/c25-19-7-5-16(20(26)23-19)24-9-14-13(21(24)27)2-1-3-17(14)28-10-12-4-6-18-15(8-12)22-11-29-18/h1-4,6,8,16,22H,5,7,9-11H2,(H,23,25,26). The molecule has 1 fully saturated rings. The van der Waals surface area contributed by atoms with Gasteiger partial charge in [-0.05, 0) is 36.2 Å². The molecule has 0 aliphatic carbocycles. The molecular formula is C21H19N3O5. The fraction of sp³-hybridized carbons (Fsp3) is 0.286. The molecule has 29 heavy (non-hydrogen) atoms. The summed E-state index contributed by atoms with van der Waals surface area (Å²) in [5.41, 5.74) is 3.22. The van der Waals surface area contributed by atoms with Gasteiger partial charge in [-0.1, -0.05) is 12.1 Å². The maximum Gasteiger partial charge on any atom is 0.255 e. The molecule has 3 amide bonds. The van der Waals surface area contributed by atoms with Gasteiger partial charge in [0.2, 0.25) is 11.8 Å². The van der Waals surface area contributed by atoms with E-state index in [1.165, 1.54) is 4.90 Å². The first-order chi connectivity index (χ1) is 14.1. The molecular weight excluding hydrogens is 374 g/mol. The van der Waals surface area contributed by atoms with Crippen molar-refractivity contribution in [3.05, 3.63) is 53.1 Å². The molecule has 2 aromatic rings. The van der Waals surface area contributed by atoms with Crippen molar-refractivity contribution in [3.63, 3.8) is 0 Å². The lowest BCUT2D eigenvalue weighted by molar-refractivity contribution is -0.136. The number of piperidine rings is 1. The highest BCUT2D eigenvalue weighted by molar-refractivity contribution is 6.05. The zero-order valence-electron chi connectivity index (χ0n) is 15.6. The summed E-state index contributed by atoms with van der Waals surface area (Å²) < 4.78 is 11.4. The minimum absolute atomic E-state index is 0.209. The van der Waals surface area contributed by atoms with Gasteiger partial charge in [0.25, 0.3) is 5.91 Å². The van der Waals surface area contributed by atoms with Gasteiger partial charge in [0.15, 0.2) is 6.73 Å². The Morgan fingerprint density at radius 2 is 2.07 bits per heavy atom. The molecule has 2 aromatic carbocycles. The molecule has 0 bridgehead atoms. The Labute approximate surface area is 166 Å². The molecule has 3 heterocycles. The molecule has 2 N–H and O–H groups in total. The monoisotopic (exact) mass is 393 g/mol. The van der Waals surface area contributed by atoms with Gasteiger partial charge in [0.1, 0.15) is 24.1 Å². The largest absolute Gasteiger partial charge is 0.489 e. The first-order valence-electron chi connectivity index (χ1n) is 9.49. The zero-order valence-corrected chi connectivity index (χ0v) is 15.6. The number of amides is 3. The van der Waals surface area contributed by atoms with Crippen molar-refractivity contribution in [1.29, 1.82) is 0 Å². The Hall–Kier alpha value is -3.55. The summed E-state index contributed by atoms with van der Waals surface area (Å²) in [4.78, 5) is 38.0. The molecule has 0 radical (unpaired) electrons. The van der Waals surface area contributed by atoms with Crippen molar-refractivity contribution in [2.75, 3.05) is 12.0 Å². The lowest BCUT2D eigenvalue weighted by Crippen LogP contribution is -2.52. The Bertz CT molecular complexity index is 1030. The van der Waals surface area contributed by atoms with Crippen LogP contribution in [0.15, 0.2) is 36.4 Å². The molecule has 8 heteroatoms. The third kappa shape index (κ3) is 3.06. The van der Waals surface area contributed by atoms with Crippen molar-refractivity contribution in [2.24, 2.45) is 0 Å². The van der Waals surface area contributed by atoms with Gasteiger partial charge in [-0.2, -0.15) is 0 Å². The van der Waals surface area contributed by atoms with Gasteiger partial charge in [-0.25, -0.2) is 0 Å². The van der Waals surface area contributed by atoms with E-state index in [4.69, 9.17) is 9.47 Å². The highest BCUT2D eigenvalue weighted by atomic mass is 16.5. The summed E-state index contributed by atoms with van der Waals surface area (Å²) in [7, 11) is 0. The number of nitrogens with one attached hydrogen (secondary N) is 2. The maximum atomic E-state index is 12.9. The topological polar surface area (TPSA) is 97.0 Å². The third-order valence-electron chi connectivity index (χ3n) is 5.47. The normalized spacial score (nSPS) is 19.9. The average Bonchev–Trinajstić information content (AvgIpc) is 3.31. The summed E-state index contributed by atoms with van der Waals surface area (Å²) in [6.07, 6.45) is 0.570. The Balaban J connectivity index is 1.34. The van der Waals surface area contributed by atoms with Gasteiger partial charge in [0.05, 0.1) is 12.2 Å². The summed E-state index contributed by atoms with van der Waals surface area (Å²) in [6, 6.07) is 10.5. The SMILES string of the molecule is O=C1CCC(N2Cc3c(OCc4ccc5c(c4)NCO5)cccc3C2=O)C(=O)N1. The van der Waals surface area contributed by atoms with E-state index in [2.05, 4.69) is 10.6 Å². The number of hydrogen-bond acceptors (Lipinski definition) is 6. The van der Waals surface area contributed by atoms with Crippen molar-refractivity contribution in [2.45, 2.75) is 32.0 Å². The predicted molar refractivity (Wildman–Crippen MR) is 102 cm³/mol. The molecule has 5 rings (SSSR count). The molecule has 0 saturated carbocycles. The minimum Gasteiger partial charge on any atom is -0.489 e. The third-order valence-corrected chi connectivity index (χ3v) is 5.47. The second-order valence-electron chi connectivity index (χ2n) is 7.27. The lowest BCUT2D eigenvalue weighted by Gasteiger charge is -2.29. The fourth-order valence-electron chi connectivity index (χ4n) is 3.98. The van der Waals surface area contributed by atoms with E-state index in [1.54, 1.807) is 12.1 Å². The molecule has 1 unspecified atom stereocenters. The number of anilines is 1. The highest BCUT2D eigenvalue weighted by Crippen LogP contribution is 2.34. The number of hydrogen-bond donors (Lipinski definition) is 2. The predicted octanol–water partition coefficient (Wildman–Crippen LogP) is 1.79. The summed E-state index contributed by atoms with van der Waals surface area (Å²) in [5, 5.41) is 5.46. The van der Waals surface area contributed by atoms with Crippen LogP contribution in [-0.2, 0) is 22.7 Å². The molecule has 0 spiro atoms. The van der Waals surface area contributed by atoms with E-state index < -0.39 is 11.9 Å². The summed E-state index contributed by atoms with van der Waals surface area (Å²) >= 11 is 0. The van der Waals surface area contributed by atoms with Crippen molar-refractivity contribution < 1.29 is 23.9 Å². The lowest BCUT2D eigenvalue weighted by atomic mass is 10.0. The summed E-state index contributed by atoms with van der Waals surface area (Å²) in [6.45, 7) is 1.10. The van der Waals surface area contributed by atoms with Gasteiger partial charge in [0, 0.05) is 17.5 Å². The highest BCUT2D eigenvalue weighted by Gasteiger charge is 2.40. The van der Waals surface area contributed by atoms with E-state index >= 15 is 0 Å². The number of fused-ring (bicyclic) bond motifs is 2. The van der Waals surface area contributed by atoms with Crippen LogP contribution in [-0.4, -0.2) is 35.4 Å². The van der Waals surface area contributed by atoms with Crippen LogP contribution < -0.4 is 20.1 Å². The Morgan fingerprint density at radius 1 is 1.17 bits per heavy atom. The van der Waals surface area contributed by atoms with E-state index in [1.807, 2.05) is 24.3 Å². The van der Waals surface area contributed by atoms with Crippen LogP contribution in [0.5, 0.6) is 11.5 Å². The van der Waals surface area contributed by atoms with Gasteiger partial charge in [-0.15, -0.1) is 0 Å². The average molecular weight is 393 g/mol. The Morgan fingerprint density at radius 3 is 2.93 bits per heavy atom. The second kappa shape index (κ2) is 6.80. The van der Waals surface area contributed by atoms with Crippen LogP contribution >= 0.6 is 0 Å². The van der Waals surface area contributed by atoms with Gasteiger partial charge >= 0.3 is 0 Å². The van der Waals surface area contributed by atoms with Crippen LogP contribution in [0.25, 0.3) is 0 Å². The van der Waals surface area contributed by atoms with E-state index in [9.17, 15) is 14.4 Å². The van der Waals surface area contributed by atoms with Crippen molar-refractivity contribution in [3.8, 4) is 11.5 Å². The number of rotatable bonds is 4. The number of carbonyl (C=O) groups is 3. The molecule has 1 atom stereocenters. The quantitative estimate of drug-likeness (QED) is 0.769. The second-order valence-corrected chi connectivity index (χ2v) is 7.27. The fourth-order valence-corrected chi connectivity index (χ4v) is 3.98. The Kier molecular flexibility index (Phi) is 4.12. The van der Waals surface area contributed by atoms with Crippen LogP contribution in [0.3, 0.4) is 0 Å². The van der Waals surface area contributed by atoms with Gasteiger partial charge < -0.3 is 19.7 Å². The van der Waals surface area contributed by atoms with Crippen molar-refractivity contribution in [1.82, 2.24) is 10.2 Å². The van der Waals surface area contributed by atoms with E-state index in [0.29, 0.717) is 31.1 Å². The van der Waals surface area contributed by atoms with Crippen LogP contribution in [0.2, 0.25) is 0 Å². The minimum atomic E-state index is -0.636. The van der Waals surface area contributed by atoms with Crippen LogP contribution in [0, 0.1) is 0 Å². The molecule has 1 saturated heterocycles. The maximum absolute atomic E-state index is 12.9. The zero-order chi connectivity index (χ0) is 20.0. The van der Waals surface area contributed by atoms with Crippen molar-refractivity contribution >= 4 is 23.4 Å². The first-order valence-corrected chi connectivity index (χ1v) is 9.49. The molecule has 3 aliphatic rings. The molecule has 0 aromatic heterocycles. The number of imide groups is 1. The van der Waals surface area contributed by atoms with Gasteiger partial charge in [-0.3, -0.25) is 19.7 Å². The molecule has 148 valence electrons. The number of nitrogens with zero attached hydrogens (tertiary/aromatic N) is 1. The number of ether oxygens (including phenoxy) is 2. The van der Waals surface area contributed by atoms with Crippen LogP contribution in [0.4, 0.5) is 5.69 Å². The first kappa shape index (κ1) is 17.5.